The summed E-state index contributed by atoms with van der Waals surface area (Å²) in [6.45, 7) is 0.862. The zero-order chi connectivity index (χ0) is 13.0. The highest BCUT2D eigenvalue weighted by atomic mass is 35.5. The van der Waals surface area contributed by atoms with E-state index in [0.717, 1.165) is 17.3 Å². The van der Waals surface area contributed by atoms with Gasteiger partial charge in [0, 0.05) is 29.6 Å². The summed E-state index contributed by atoms with van der Waals surface area (Å²) < 4.78 is 0. The Balaban J connectivity index is 1.74. The molecule has 0 amide bonds. The van der Waals surface area contributed by atoms with Crippen molar-refractivity contribution in [1.29, 1.82) is 0 Å². The highest BCUT2D eigenvalue weighted by Gasteiger charge is 2.54. The molecule has 0 radical (unpaired) electrons. The SMILES string of the molecule is O/N=C1\CN2C3CC[C@H]2C[C@H](c2ccc(Cl)cc2)[C@H]13. The van der Waals surface area contributed by atoms with Crippen LogP contribution in [0, 0.1) is 5.92 Å². The Morgan fingerprint density at radius 3 is 2.74 bits per heavy atom. The van der Waals surface area contributed by atoms with Gasteiger partial charge in [0.2, 0.25) is 0 Å². The van der Waals surface area contributed by atoms with E-state index in [2.05, 4.69) is 22.2 Å². The molecule has 4 heteroatoms. The second kappa shape index (κ2) is 4.22. The Morgan fingerprint density at radius 2 is 2.00 bits per heavy atom. The van der Waals surface area contributed by atoms with Crippen molar-refractivity contribution in [3.63, 3.8) is 0 Å². The number of oxime groups is 1. The van der Waals surface area contributed by atoms with E-state index >= 15 is 0 Å². The Bertz CT molecular complexity index is 527. The molecule has 1 N–H and O–H groups in total. The van der Waals surface area contributed by atoms with Gasteiger partial charge in [-0.1, -0.05) is 28.9 Å². The highest BCUT2D eigenvalue weighted by molar-refractivity contribution is 6.30. The third kappa shape index (κ3) is 1.65. The van der Waals surface area contributed by atoms with Gasteiger partial charge in [0.05, 0.1) is 5.71 Å². The van der Waals surface area contributed by atoms with Crippen molar-refractivity contribution in [3.05, 3.63) is 34.9 Å². The van der Waals surface area contributed by atoms with Crippen LogP contribution in [0.25, 0.3) is 0 Å². The van der Waals surface area contributed by atoms with Gasteiger partial charge in [0.15, 0.2) is 0 Å². The van der Waals surface area contributed by atoms with Gasteiger partial charge in [-0.25, -0.2) is 0 Å². The van der Waals surface area contributed by atoms with Crippen LogP contribution in [0.2, 0.25) is 5.02 Å². The van der Waals surface area contributed by atoms with E-state index in [1.807, 2.05) is 12.1 Å². The van der Waals surface area contributed by atoms with Gasteiger partial charge >= 0.3 is 0 Å². The molecule has 1 aromatic rings. The van der Waals surface area contributed by atoms with Crippen LogP contribution in [-0.4, -0.2) is 34.4 Å². The number of nitrogens with zero attached hydrogens (tertiary/aromatic N) is 2. The van der Waals surface area contributed by atoms with Gasteiger partial charge < -0.3 is 5.21 Å². The molecule has 3 heterocycles. The van der Waals surface area contributed by atoms with Crippen LogP contribution in [0.4, 0.5) is 0 Å². The van der Waals surface area contributed by atoms with Crippen LogP contribution in [0.5, 0.6) is 0 Å². The van der Waals surface area contributed by atoms with Crippen molar-refractivity contribution in [2.45, 2.75) is 37.3 Å². The van der Waals surface area contributed by atoms with Crippen molar-refractivity contribution in [3.8, 4) is 0 Å². The fourth-order valence-electron chi connectivity index (χ4n) is 4.46. The maximum Gasteiger partial charge on any atom is 0.0763 e. The summed E-state index contributed by atoms with van der Waals surface area (Å²) in [4.78, 5) is 2.55. The van der Waals surface area contributed by atoms with E-state index in [1.165, 1.54) is 24.8 Å². The van der Waals surface area contributed by atoms with Gasteiger partial charge in [0.25, 0.3) is 0 Å². The molecule has 1 aromatic carbocycles. The number of hydrogen-bond acceptors (Lipinski definition) is 3. The van der Waals surface area contributed by atoms with Crippen LogP contribution in [0.1, 0.15) is 30.7 Å². The molecule has 3 nitrogen and oxygen atoms in total. The van der Waals surface area contributed by atoms with E-state index in [0.29, 0.717) is 23.9 Å². The fraction of sp³-hybridized carbons (Fsp3) is 0.533. The standard InChI is InChI=1S/C15H17ClN2O/c16-10-3-1-9(2-4-10)12-7-11-5-6-14-15(12)13(17-19)8-18(11)14/h1-4,11-12,14-15,19H,5-8H2/b17-13+/t11-,12+,14?,15+/m0/s1. The minimum Gasteiger partial charge on any atom is -0.411 e. The fourth-order valence-corrected chi connectivity index (χ4v) is 4.58. The lowest BCUT2D eigenvalue weighted by atomic mass is 9.77. The zero-order valence-electron chi connectivity index (χ0n) is 10.7. The summed E-state index contributed by atoms with van der Waals surface area (Å²) in [5, 5.41) is 13.7. The van der Waals surface area contributed by atoms with Gasteiger partial charge in [-0.15, -0.1) is 0 Å². The summed E-state index contributed by atoms with van der Waals surface area (Å²) in [6.07, 6.45) is 3.73. The molecule has 0 aromatic heterocycles. The molecule has 0 saturated carbocycles. The largest absolute Gasteiger partial charge is 0.411 e. The van der Waals surface area contributed by atoms with E-state index < -0.39 is 0 Å². The molecule has 3 aliphatic rings. The van der Waals surface area contributed by atoms with Crippen LogP contribution in [0.15, 0.2) is 29.4 Å². The quantitative estimate of drug-likeness (QED) is 0.632. The van der Waals surface area contributed by atoms with Gasteiger partial charge in [0.1, 0.15) is 0 Å². The van der Waals surface area contributed by atoms with Crippen molar-refractivity contribution in [2.75, 3.05) is 6.54 Å². The minimum absolute atomic E-state index is 0.393. The normalized spacial score (nSPS) is 41.9. The molecule has 3 saturated heterocycles. The lowest BCUT2D eigenvalue weighted by Gasteiger charge is -2.36. The molecule has 0 spiro atoms. The molecule has 4 bridgehead atoms. The van der Waals surface area contributed by atoms with Crippen molar-refractivity contribution in [2.24, 2.45) is 11.1 Å². The average Bonchev–Trinajstić information content (AvgIpc) is 2.85. The molecule has 100 valence electrons. The molecule has 19 heavy (non-hydrogen) atoms. The number of piperidine rings is 1. The van der Waals surface area contributed by atoms with E-state index in [4.69, 9.17) is 11.6 Å². The van der Waals surface area contributed by atoms with Gasteiger partial charge in [-0.05, 0) is 42.9 Å². The van der Waals surface area contributed by atoms with Crippen LogP contribution < -0.4 is 0 Å². The van der Waals surface area contributed by atoms with Gasteiger partial charge in [-0.3, -0.25) is 4.90 Å². The molecular weight excluding hydrogens is 260 g/mol. The lowest BCUT2D eigenvalue weighted by molar-refractivity contribution is 0.154. The third-order valence-electron chi connectivity index (χ3n) is 5.22. The predicted octanol–water partition coefficient (Wildman–Crippen LogP) is 3.12. The molecular formula is C15H17ClN2O. The van der Waals surface area contributed by atoms with Crippen LogP contribution in [-0.2, 0) is 0 Å². The first kappa shape index (κ1) is 11.7. The molecule has 5 atom stereocenters. The van der Waals surface area contributed by atoms with Crippen LogP contribution in [0.3, 0.4) is 0 Å². The number of halogens is 1. The molecule has 3 fully saturated rings. The monoisotopic (exact) mass is 276 g/mol. The maximum absolute atomic E-state index is 9.29. The average molecular weight is 277 g/mol. The number of hydrogen-bond donors (Lipinski definition) is 1. The van der Waals surface area contributed by atoms with Gasteiger partial charge in [-0.2, -0.15) is 0 Å². The highest BCUT2D eigenvalue weighted by Crippen LogP contribution is 2.51. The smallest absolute Gasteiger partial charge is 0.0763 e. The maximum atomic E-state index is 9.29. The van der Waals surface area contributed by atoms with Crippen LogP contribution >= 0.6 is 11.6 Å². The molecule has 2 unspecified atom stereocenters. The summed E-state index contributed by atoms with van der Waals surface area (Å²) in [5.74, 6) is 0.879. The Kier molecular flexibility index (Phi) is 2.61. The summed E-state index contributed by atoms with van der Waals surface area (Å²) in [7, 11) is 0. The molecule has 4 rings (SSSR count). The zero-order valence-corrected chi connectivity index (χ0v) is 11.4. The first-order valence-corrected chi connectivity index (χ1v) is 7.38. The van der Waals surface area contributed by atoms with Crippen molar-refractivity contribution < 1.29 is 5.21 Å². The second-order valence-corrected chi connectivity index (χ2v) is 6.42. The van der Waals surface area contributed by atoms with E-state index in [-0.39, 0.29) is 0 Å². The summed E-state index contributed by atoms with van der Waals surface area (Å²) in [5.41, 5.74) is 2.32. The second-order valence-electron chi connectivity index (χ2n) is 5.98. The van der Waals surface area contributed by atoms with E-state index in [9.17, 15) is 5.21 Å². The number of rotatable bonds is 1. The predicted molar refractivity (Wildman–Crippen MR) is 75.0 cm³/mol. The molecule has 0 aliphatic carbocycles. The van der Waals surface area contributed by atoms with Crippen molar-refractivity contribution in [1.82, 2.24) is 4.90 Å². The first-order valence-electron chi connectivity index (χ1n) is 7.00. The summed E-state index contributed by atoms with van der Waals surface area (Å²) in [6, 6.07) is 9.46. The Labute approximate surface area is 117 Å². The Hall–Kier alpha value is -1.06. The Morgan fingerprint density at radius 1 is 1.21 bits per heavy atom. The molecule has 3 aliphatic heterocycles. The number of benzene rings is 1. The third-order valence-corrected chi connectivity index (χ3v) is 5.47. The van der Waals surface area contributed by atoms with Crippen molar-refractivity contribution >= 4 is 17.3 Å². The summed E-state index contributed by atoms with van der Waals surface area (Å²) >= 11 is 5.98. The lowest BCUT2D eigenvalue weighted by Crippen LogP contribution is -2.40. The van der Waals surface area contributed by atoms with E-state index in [1.54, 1.807) is 0 Å². The topological polar surface area (TPSA) is 35.8 Å². The first-order chi connectivity index (χ1) is 9.28. The minimum atomic E-state index is 0.393.